The van der Waals surface area contributed by atoms with Gasteiger partial charge in [0.15, 0.2) is 0 Å². The number of nitrogens with zero attached hydrogens (tertiary/aromatic N) is 3. The minimum Gasteiger partial charge on any atom is -0.318 e. The molecular weight excluding hydrogens is 140 g/mol. The van der Waals surface area contributed by atoms with E-state index in [4.69, 9.17) is 5.73 Å². The lowest BCUT2D eigenvalue weighted by atomic mass is 10.5. The van der Waals surface area contributed by atoms with Crippen LogP contribution in [0.3, 0.4) is 0 Å². The van der Waals surface area contributed by atoms with E-state index in [0.29, 0.717) is 6.67 Å². The monoisotopic (exact) mass is 158 g/mol. The molecule has 0 unspecified atom stereocenters. The third-order valence-electron chi connectivity index (χ3n) is 1.99. The van der Waals surface area contributed by atoms with E-state index in [2.05, 4.69) is 28.7 Å². The molecule has 0 saturated carbocycles. The topological polar surface area (TPSA) is 35.7 Å². The summed E-state index contributed by atoms with van der Waals surface area (Å²) in [6, 6.07) is 0. The number of hydrogen-bond donors (Lipinski definition) is 1. The van der Waals surface area contributed by atoms with Crippen LogP contribution in [0.1, 0.15) is 6.92 Å². The van der Waals surface area contributed by atoms with Crippen LogP contribution >= 0.6 is 0 Å². The molecule has 0 aromatic carbocycles. The van der Waals surface area contributed by atoms with E-state index in [9.17, 15) is 0 Å². The van der Waals surface area contributed by atoms with Crippen LogP contribution in [-0.2, 0) is 0 Å². The van der Waals surface area contributed by atoms with Crippen LogP contribution in [0.5, 0.6) is 0 Å². The maximum Gasteiger partial charge on any atom is 0.0542 e. The molecule has 0 amide bonds. The van der Waals surface area contributed by atoms with E-state index in [1.165, 1.54) is 0 Å². The van der Waals surface area contributed by atoms with Crippen molar-refractivity contribution >= 4 is 0 Å². The van der Waals surface area contributed by atoms with Crippen LogP contribution in [0.25, 0.3) is 0 Å². The fourth-order valence-corrected chi connectivity index (χ4v) is 1.42. The van der Waals surface area contributed by atoms with Gasteiger partial charge in [0, 0.05) is 6.67 Å². The van der Waals surface area contributed by atoms with Crippen LogP contribution in [-0.4, -0.2) is 55.0 Å². The van der Waals surface area contributed by atoms with Gasteiger partial charge in [0.1, 0.15) is 0 Å². The van der Waals surface area contributed by atoms with Gasteiger partial charge in [-0.2, -0.15) is 0 Å². The maximum atomic E-state index is 5.55. The number of rotatable bonds is 2. The third kappa shape index (κ3) is 2.41. The predicted molar refractivity (Wildman–Crippen MR) is 45.6 cm³/mol. The molecule has 1 heterocycles. The van der Waals surface area contributed by atoms with Gasteiger partial charge in [0.05, 0.1) is 20.0 Å². The van der Waals surface area contributed by atoms with Gasteiger partial charge in [0.25, 0.3) is 0 Å². The van der Waals surface area contributed by atoms with Gasteiger partial charge in [-0.05, 0) is 13.6 Å². The zero-order valence-corrected chi connectivity index (χ0v) is 7.45. The molecule has 1 saturated heterocycles. The molecule has 4 heteroatoms. The Morgan fingerprint density at radius 2 is 1.82 bits per heavy atom. The summed E-state index contributed by atoms with van der Waals surface area (Å²) >= 11 is 0. The Morgan fingerprint density at radius 1 is 1.18 bits per heavy atom. The molecule has 0 spiro atoms. The van der Waals surface area contributed by atoms with Crippen LogP contribution in [0.15, 0.2) is 0 Å². The highest BCUT2D eigenvalue weighted by atomic mass is 15.5. The Bertz CT molecular complexity index is 105. The first-order chi connectivity index (χ1) is 5.26. The first-order valence-corrected chi connectivity index (χ1v) is 4.09. The van der Waals surface area contributed by atoms with Crippen molar-refractivity contribution in [2.75, 3.05) is 40.3 Å². The summed E-state index contributed by atoms with van der Waals surface area (Å²) in [5.74, 6) is 0. The van der Waals surface area contributed by atoms with E-state index in [1.54, 1.807) is 0 Å². The fourth-order valence-electron chi connectivity index (χ4n) is 1.42. The second-order valence-corrected chi connectivity index (χ2v) is 3.12. The van der Waals surface area contributed by atoms with E-state index in [1.807, 2.05) is 0 Å². The lowest BCUT2D eigenvalue weighted by molar-refractivity contribution is -0.0115. The van der Waals surface area contributed by atoms with E-state index < -0.39 is 0 Å². The summed E-state index contributed by atoms with van der Waals surface area (Å²) in [7, 11) is 2.12. The Balaban J connectivity index is 2.37. The van der Waals surface area contributed by atoms with E-state index in [-0.39, 0.29) is 0 Å². The summed E-state index contributed by atoms with van der Waals surface area (Å²) in [4.78, 5) is 6.84. The first-order valence-electron chi connectivity index (χ1n) is 4.09. The van der Waals surface area contributed by atoms with Gasteiger partial charge in [-0.1, -0.05) is 6.92 Å². The lowest BCUT2D eigenvalue weighted by Crippen LogP contribution is -2.54. The SMILES string of the molecule is CCN1CN(C)CN(CN)C1. The fraction of sp³-hybridized carbons (Fsp3) is 1.00. The summed E-state index contributed by atoms with van der Waals surface area (Å²) < 4.78 is 0. The molecule has 0 radical (unpaired) electrons. The lowest BCUT2D eigenvalue weighted by Gasteiger charge is -2.39. The van der Waals surface area contributed by atoms with Crippen molar-refractivity contribution in [3.63, 3.8) is 0 Å². The van der Waals surface area contributed by atoms with E-state index in [0.717, 1.165) is 26.6 Å². The summed E-state index contributed by atoms with van der Waals surface area (Å²) in [5, 5.41) is 0. The minimum absolute atomic E-state index is 0.654. The van der Waals surface area contributed by atoms with Gasteiger partial charge in [-0.25, -0.2) is 0 Å². The second-order valence-electron chi connectivity index (χ2n) is 3.12. The smallest absolute Gasteiger partial charge is 0.0542 e. The third-order valence-corrected chi connectivity index (χ3v) is 1.99. The molecule has 11 heavy (non-hydrogen) atoms. The number of nitrogens with two attached hydrogens (primary N) is 1. The maximum absolute atomic E-state index is 5.55. The minimum atomic E-state index is 0.654. The molecule has 0 aromatic rings. The zero-order valence-electron chi connectivity index (χ0n) is 7.45. The molecule has 0 atom stereocenters. The van der Waals surface area contributed by atoms with Crippen molar-refractivity contribution in [1.29, 1.82) is 0 Å². The Labute approximate surface area is 68.5 Å². The summed E-state index contributed by atoms with van der Waals surface area (Å²) in [6.07, 6.45) is 0. The molecule has 1 fully saturated rings. The van der Waals surface area contributed by atoms with Crippen molar-refractivity contribution in [3.05, 3.63) is 0 Å². The molecule has 1 aliphatic rings. The molecule has 0 aliphatic carbocycles. The molecule has 2 N–H and O–H groups in total. The standard InChI is InChI=1S/C7H18N4/c1-3-10-5-9(2)6-11(4-8)7-10/h3-8H2,1-2H3. The predicted octanol–water partition coefficient (Wildman–Crippen LogP) is -0.656. The Kier molecular flexibility index (Phi) is 3.26. The average Bonchev–Trinajstić information content (AvgIpc) is 2.03. The molecule has 0 bridgehead atoms. The molecule has 1 rings (SSSR count). The van der Waals surface area contributed by atoms with Gasteiger partial charge in [0.2, 0.25) is 0 Å². The second kappa shape index (κ2) is 4.01. The van der Waals surface area contributed by atoms with Crippen molar-refractivity contribution in [1.82, 2.24) is 14.7 Å². The van der Waals surface area contributed by atoms with Crippen LogP contribution in [0.4, 0.5) is 0 Å². The number of hydrogen-bond acceptors (Lipinski definition) is 4. The van der Waals surface area contributed by atoms with Crippen LogP contribution in [0.2, 0.25) is 0 Å². The normalized spacial score (nSPS) is 24.3. The molecule has 0 aromatic heterocycles. The summed E-state index contributed by atoms with van der Waals surface area (Å²) in [5.41, 5.74) is 5.55. The van der Waals surface area contributed by atoms with Gasteiger partial charge in [-0.15, -0.1) is 0 Å². The molecule has 4 nitrogen and oxygen atoms in total. The average molecular weight is 158 g/mol. The van der Waals surface area contributed by atoms with Crippen molar-refractivity contribution in [3.8, 4) is 0 Å². The first kappa shape index (κ1) is 8.93. The van der Waals surface area contributed by atoms with Crippen LogP contribution in [0, 0.1) is 0 Å². The highest BCUT2D eigenvalue weighted by Gasteiger charge is 2.17. The van der Waals surface area contributed by atoms with Crippen molar-refractivity contribution in [2.45, 2.75) is 6.92 Å². The summed E-state index contributed by atoms with van der Waals surface area (Å²) in [6.45, 7) is 6.99. The highest BCUT2D eigenvalue weighted by Crippen LogP contribution is 2.02. The quantitative estimate of drug-likeness (QED) is 0.579. The molecule has 66 valence electrons. The largest absolute Gasteiger partial charge is 0.318 e. The van der Waals surface area contributed by atoms with Gasteiger partial charge in [-0.3, -0.25) is 14.7 Å². The molecule has 1 aliphatic heterocycles. The van der Waals surface area contributed by atoms with Crippen molar-refractivity contribution in [2.24, 2.45) is 5.73 Å². The highest BCUT2D eigenvalue weighted by molar-refractivity contribution is 4.63. The van der Waals surface area contributed by atoms with Crippen molar-refractivity contribution < 1.29 is 0 Å². The van der Waals surface area contributed by atoms with Crippen LogP contribution < -0.4 is 5.73 Å². The van der Waals surface area contributed by atoms with Gasteiger partial charge >= 0.3 is 0 Å². The zero-order chi connectivity index (χ0) is 8.27. The Morgan fingerprint density at radius 3 is 2.36 bits per heavy atom. The van der Waals surface area contributed by atoms with Gasteiger partial charge < -0.3 is 5.73 Å². The van der Waals surface area contributed by atoms with E-state index >= 15 is 0 Å². The Hall–Kier alpha value is -0.160. The molecular formula is C7H18N4.